The van der Waals surface area contributed by atoms with Crippen molar-refractivity contribution < 1.29 is 9.72 Å². The van der Waals surface area contributed by atoms with Crippen LogP contribution in [0.4, 0.5) is 5.69 Å². The number of piperazine rings is 1. The highest BCUT2D eigenvalue weighted by atomic mass is 16.6. The Kier molecular flexibility index (Phi) is 5.11. The number of hydrogen-bond acceptors (Lipinski definition) is 5. The monoisotopic (exact) mass is 416 g/mol. The normalized spacial score (nSPS) is 17.1. The number of non-ortho nitro benzene ring substituents is 1. The van der Waals surface area contributed by atoms with Crippen molar-refractivity contribution in [3.8, 4) is 0 Å². The number of amides is 1. The van der Waals surface area contributed by atoms with Gasteiger partial charge in [0.15, 0.2) is 0 Å². The number of para-hydroxylation sites is 1. The minimum Gasteiger partial charge on any atom is -0.336 e. The number of aromatic nitrogens is 1. The van der Waals surface area contributed by atoms with Crippen LogP contribution in [-0.4, -0.2) is 51.8 Å². The van der Waals surface area contributed by atoms with E-state index in [4.69, 9.17) is 4.98 Å². The van der Waals surface area contributed by atoms with Gasteiger partial charge < -0.3 is 4.90 Å². The quantitative estimate of drug-likeness (QED) is 0.464. The van der Waals surface area contributed by atoms with Crippen LogP contribution < -0.4 is 0 Å². The molecule has 1 aromatic heterocycles. The summed E-state index contributed by atoms with van der Waals surface area (Å²) in [5.74, 6) is 0.554. The number of nitro groups is 1. The molecule has 2 aliphatic rings. The van der Waals surface area contributed by atoms with Crippen LogP contribution in [0.25, 0.3) is 10.9 Å². The van der Waals surface area contributed by atoms with Crippen molar-refractivity contribution in [2.75, 3.05) is 26.2 Å². The second-order valence-electron chi connectivity index (χ2n) is 8.38. The molecule has 158 valence electrons. The molecule has 1 aliphatic heterocycles. The maximum absolute atomic E-state index is 13.4. The van der Waals surface area contributed by atoms with Gasteiger partial charge in [-0.25, -0.2) is 0 Å². The molecule has 1 aliphatic carbocycles. The molecule has 3 aromatic rings. The molecular weight excluding hydrogens is 392 g/mol. The number of carbonyl (C=O) groups excluding carboxylic acids is 1. The zero-order valence-electron chi connectivity index (χ0n) is 17.2. The van der Waals surface area contributed by atoms with E-state index in [-0.39, 0.29) is 16.5 Å². The first-order valence-corrected chi connectivity index (χ1v) is 10.7. The van der Waals surface area contributed by atoms with Crippen LogP contribution in [0.15, 0.2) is 54.6 Å². The van der Waals surface area contributed by atoms with Crippen LogP contribution in [0.2, 0.25) is 0 Å². The standard InChI is InChI=1S/C24H24N4O3/c29-24(21-15-23(18-8-9-18)25-22-7-2-1-6-20(21)22)27-12-10-26(11-13-27)16-17-4-3-5-19(14-17)28(30)31/h1-7,14-15,18H,8-13,16H2. The first-order chi connectivity index (χ1) is 15.1. The maximum Gasteiger partial charge on any atom is 0.269 e. The summed E-state index contributed by atoms with van der Waals surface area (Å²) in [6.45, 7) is 3.42. The number of nitrogens with zero attached hydrogens (tertiary/aromatic N) is 4. The number of hydrogen-bond donors (Lipinski definition) is 0. The lowest BCUT2D eigenvalue weighted by Crippen LogP contribution is -2.48. The van der Waals surface area contributed by atoms with Gasteiger partial charge in [0.2, 0.25) is 0 Å². The Balaban J connectivity index is 1.29. The topological polar surface area (TPSA) is 79.6 Å². The van der Waals surface area contributed by atoms with E-state index in [2.05, 4.69) is 4.90 Å². The lowest BCUT2D eigenvalue weighted by Gasteiger charge is -2.35. The van der Waals surface area contributed by atoms with Crippen LogP contribution in [0.5, 0.6) is 0 Å². The van der Waals surface area contributed by atoms with Crippen LogP contribution in [-0.2, 0) is 6.54 Å². The van der Waals surface area contributed by atoms with E-state index in [1.54, 1.807) is 12.1 Å². The third kappa shape index (κ3) is 4.14. The Labute approximate surface area is 180 Å². The van der Waals surface area contributed by atoms with E-state index in [9.17, 15) is 14.9 Å². The van der Waals surface area contributed by atoms with Gasteiger partial charge >= 0.3 is 0 Å². The van der Waals surface area contributed by atoms with Crippen molar-refractivity contribution in [2.24, 2.45) is 0 Å². The van der Waals surface area contributed by atoms with Crippen molar-refractivity contribution in [3.05, 3.63) is 81.5 Å². The van der Waals surface area contributed by atoms with Gasteiger partial charge in [-0.05, 0) is 30.5 Å². The summed E-state index contributed by atoms with van der Waals surface area (Å²) < 4.78 is 0. The second-order valence-corrected chi connectivity index (χ2v) is 8.38. The molecule has 2 aromatic carbocycles. The van der Waals surface area contributed by atoms with Crippen molar-refractivity contribution in [1.82, 2.24) is 14.8 Å². The fourth-order valence-electron chi connectivity index (χ4n) is 4.27. The molecule has 0 atom stereocenters. The predicted molar refractivity (Wildman–Crippen MR) is 118 cm³/mol. The number of carbonyl (C=O) groups is 1. The Morgan fingerprint density at radius 1 is 1.03 bits per heavy atom. The number of benzene rings is 2. The Morgan fingerprint density at radius 3 is 2.55 bits per heavy atom. The fourth-order valence-corrected chi connectivity index (χ4v) is 4.27. The number of pyridine rings is 1. The Morgan fingerprint density at radius 2 is 1.81 bits per heavy atom. The fraction of sp³-hybridized carbons (Fsp3) is 0.333. The van der Waals surface area contributed by atoms with Crippen LogP contribution >= 0.6 is 0 Å². The van der Waals surface area contributed by atoms with E-state index >= 15 is 0 Å². The number of rotatable bonds is 5. The molecule has 31 heavy (non-hydrogen) atoms. The molecule has 0 N–H and O–H groups in total. The average Bonchev–Trinajstić information content (AvgIpc) is 3.64. The van der Waals surface area contributed by atoms with Gasteiger partial charge in [-0.2, -0.15) is 0 Å². The molecule has 7 heteroatoms. The van der Waals surface area contributed by atoms with Gasteiger partial charge in [-0.15, -0.1) is 0 Å². The Bertz CT molecular complexity index is 1150. The molecule has 0 spiro atoms. The predicted octanol–water partition coefficient (Wildman–Crippen LogP) is 3.98. The minimum absolute atomic E-state index is 0.0653. The van der Waals surface area contributed by atoms with Crippen LogP contribution in [0.3, 0.4) is 0 Å². The molecule has 0 radical (unpaired) electrons. The maximum atomic E-state index is 13.4. The third-order valence-electron chi connectivity index (χ3n) is 6.15. The van der Waals surface area contributed by atoms with Gasteiger partial charge in [0.1, 0.15) is 0 Å². The minimum atomic E-state index is -0.366. The van der Waals surface area contributed by atoms with Crippen molar-refractivity contribution in [3.63, 3.8) is 0 Å². The first kappa shape index (κ1) is 19.6. The molecule has 5 rings (SSSR count). The zero-order valence-corrected chi connectivity index (χ0v) is 17.2. The SMILES string of the molecule is O=C(c1cc(C2CC2)nc2ccccc12)N1CCN(Cc2cccc([N+](=O)[O-])c2)CC1. The molecule has 0 bridgehead atoms. The smallest absolute Gasteiger partial charge is 0.269 e. The highest BCUT2D eigenvalue weighted by Crippen LogP contribution is 2.40. The number of fused-ring (bicyclic) bond motifs is 1. The summed E-state index contributed by atoms with van der Waals surface area (Å²) in [6, 6.07) is 16.6. The van der Waals surface area contributed by atoms with Crippen molar-refractivity contribution in [1.29, 1.82) is 0 Å². The average molecular weight is 416 g/mol. The van der Waals surface area contributed by atoms with Crippen molar-refractivity contribution >= 4 is 22.5 Å². The van der Waals surface area contributed by atoms with Gasteiger partial charge in [0.05, 0.1) is 16.0 Å². The second kappa shape index (κ2) is 8.07. The summed E-state index contributed by atoms with van der Waals surface area (Å²) in [7, 11) is 0. The van der Waals surface area contributed by atoms with Gasteiger partial charge in [0.25, 0.3) is 11.6 Å². The van der Waals surface area contributed by atoms with E-state index in [1.165, 1.54) is 6.07 Å². The molecular formula is C24H24N4O3. The van der Waals surface area contributed by atoms with E-state index in [1.807, 2.05) is 41.3 Å². The summed E-state index contributed by atoms with van der Waals surface area (Å²) >= 11 is 0. The largest absolute Gasteiger partial charge is 0.336 e. The summed E-state index contributed by atoms with van der Waals surface area (Å²) in [6.07, 6.45) is 2.30. The molecule has 1 saturated heterocycles. The van der Waals surface area contributed by atoms with E-state index in [0.717, 1.165) is 53.7 Å². The highest BCUT2D eigenvalue weighted by Gasteiger charge is 2.29. The van der Waals surface area contributed by atoms with Crippen LogP contribution in [0, 0.1) is 10.1 Å². The molecule has 7 nitrogen and oxygen atoms in total. The summed E-state index contributed by atoms with van der Waals surface area (Å²) in [5, 5.41) is 11.9. The van der Waals surface area contributed by atoms with Gasteiger partial charge in [-0.1, -0.05) is 30.3 Å². The van der Waals surface area contributed by atoms with E-state index < -0.39 is 0 Å². The summed E-state index contributed by atoms with van der Waals surface area (Å²) in [4.78, 5) is 33.0. The number of nitro benzene ring substituents is 1. The first-order valence-electron chi connectivity index (χ1n) is 10.7. The van der Waals surface area contributed by atoms with Gasteiger partial charge in [-0.3, -0.25) is 24.8 Å². The third-order valence-corrected chi connectivity index (χ3v) is 6.15. The lowest BCUT2D eigenvalue weighted by molar-refractivity contribution is -0.384. The molecule has 1 saturated carbocycles. The molecule has 1 amide bonds. The zero-order chi connectivity index (χ0) is 21.4. The van der Waals surface area contributed by atoms with Gasteiger partial charge in [0, 0.05) is 61.9 Å². The van der Waals surface area contributed by atoms with E-state index in [0.29, 0.717) is 25.6 Å². The lowest BCUT2D eigenvalue weighted by atomic mass is 10.0. The highest BCUT2D eigenvalue weighted by molar-refractivity contribution is 6.06. The van der Waals surface area contributed by atoms with Crippen molar-refractivity contribution in [2.45, 2.75) is 25.3 Å². The molecule has 2 heterocycles. The Hall–Kier alpha value is -3.32. The van der Waals surface area contributed by atoms with Crippen LogP contribution in [0.1, 0.15) is 40.4 Å². The summed E-state index contributed by atoms with van der Waals surface area (Å²) in [5.41, 5.74) is 3.70. The molecule has 2 fully saturated rings. The molecule has 0 unspecified atom stereocenters.